The average Bonchev–Trinajstić information content (AvgIpc) is 2.94. The molecule has 8 heteroatoms. The maximum absolute atomic E-state index is 10.4. The lowest BCUT2D eigenvalue weighted by Crippen LogP contribution is -2.07. The van der Waals surface area contributed by atoms with Crippen LogP contribution in [-0.2, 0) is 6.42 Å². The second kappa shape index (κ2) is 5.89. The lowest BCUT2D eigenvalue weighted by Gasteiger charge is -2.12. The van der Waals surface area contributed by atoms with Crippen molar-refractivity contribution in [3.8, 4) is 11.8 Å². The Morgan fingerprint density at radius 3 is 2.79 bits per heavy atom. The third-order valence-corrected chi connectivity index (χ3v) is 3.39. The quantitative estimate of drug-likeness (QED) is 0.874. The number of nitrogens with zero attached hydrogens (tertiary/aromatic N) is 4. The third-order valence-electron chi connectivity index (χ3n) is 2.57. The standard InChI is InChI=1S/C11H14N4O3S/c1-4-6-10(19-15-14-6)9(16)8-11(18-3)13-7(17-2)5-12-8/h5,9,16H,4H2,1-3H3. The van der Waals surface area contributed by atoms with Crippen molar-refractivity contribution in [1.82, 2.24) is 19.6 Å². The van der Waals surface area contributed by atoms with Gasteiger partial charge in [0, 0.05) is 0 Å². The minimum absolute atomic E-state index is 0.224. The van der Waals surface area contributed by atoms with Gasteiger partial charge < -0.3 is 14.6 Å². The van der Waals surface area contributed by atoms with Crippen LogP contribution in [0.2, 0.25) is 0 Å². The molecule has 0 aliphatic carbocycles. The van der Waals surface area contributed by atoms with Crippen LogP contribution in [0.3, 0.4) is 0 Å². The van der Waals surface area contributed by atoms with E-state index in [1.165, 1.54) is 20.4 Å². The molecule has 0 fully saturated rings. The van der Waals surface area contributed by atoms with Gasteiger partial charge in [0.2, 0.25) is 11.8 Å². The number of aliphatic hydroxyl groups excluding tert-OH is 1. The van der Waals surface area contributed by atoms with E-state index >= 15 is 0 Å². The van der Waals surface area contributed by atoms with Gasteiger partial charge in [0.15, 0.2) is 0 Å². The van der Waals surface area contributed by atoms with E-state index in [1.54, 1.807) is 0 Å². The minimum atomic E-state index is -0.955. The summed E-state index contributed by atoms with van der Waals surface area (Å²) in [7, 11) is 2.95. The van der Waals surface area contributed by atoms with Gasteiger partial charge >= 0.3 is 0 Å². The first-order valence-electron chi connectivity index (χ1n) is 5.65. The molecule has 0 bridgehead atoms. The molecule has 7 nitrogen and oxygen atoms in total. The highest BCUT2D eigenvalue weighted by atomic mass is 32.1. The van der Waals surface area contributed by atoms with Gasteiger partial charge in [-0.1, -0.05) is 11.4 Å². The maximum Gasteiger partial charge on any atom is 0.241 e. The molecule has 1 atom stereocenters. The van der Waals surface area contributed by atoms with Crippen LogP contribution in [0.4, 0.5) is 0 Å². The van der Waals surface area contributed by atoms with Gasteiger partial charge in [0.1, 0.15) is 11.8 Å². The molecule has 1 unspecified atom stereocenters. The molecule has 19 heavy (non-hydrogen) atoms. The molecule has 0 radical (unpaired) electrons. The van der Waals surface area contributed by atoms with Crippen molar-refractivity contribution in [2.45, 2.75) is 19.4 Å². The normalized spacial score (nSPS) is 12.2. The van der Waals surface area contributed by atoms with E-state index in [0.29, 0.717) is 22.9 Å². The van der Waals surface area contributed by atoms with Crippen molar-refractivity contribution in [2.75, 3.05) is 14.2 Å². The molecule has 0 aliphatic heterocycles. The van der Waals surface area contributed by atoms with Gasteiger partial charge in [-0.15, -0.1) is 5.10 Å². The van der Waals surface area contributed by atoms with Crippen LogP contribution in [0.15, 0.2) is 6.20 Å². The van der Waals surface area contributed by atoms with E-state index in [9.17, 15) is 5.11 Å². The molecule has 1 N–H and O–H groups in total. The van der Waals surface area contributed by atoms with E-state index in [1.807, 2.05) is 6.92 Å². The zero-order valence-electron chi connectivity index (χ0n) is 10.8. The Kier molecular flexibility index (Phi) is 4.23. The van der Waals surface area contributed by atoms with Crippen LogP contribution in [0.5, 0.6) is 11.8 Å². The van der Waals surface area contributed by atoms with Crippen molar-refractivity contribution < 1.29 is 14.6 Å². The third kappa shape index (κ3) is 2.64. The Labute approximate surface area is 114 Å². The van der Waals surface area contributed by atoms with E-state index in [4.69, 9.17) is 9.47 Å². The van der Waals surface area contributed by atoms with Gasteiger partial charge in [-0.2, -0.15) is 4.98 Å². The molecule has 0 aromatic carbocycles. The fourth-order valence-corrected chi connectivity index (χ4v) is 2.32. The maximum atomic E-state index is 10.4. The van der Waals surface area contributed by atoms with E-state index in [-0.39, 0.29) is 5.88 Å². The summed E-state index contributed by atoms with van der Waals surface area (Å²) < 4.78 is 13.9. The summed E-state index contributed by atoms with van der Waals surface area (Å²) in [6, 6.07) is 0. The summed E-state index contributed by atoms with van der Waals surface area (Å²) in [6.45, 7) is 1.95. The van der Waals surface area contributed by atoms with Gasteiger partial charge in [0.25, 0.3) is 0 Å². The highest BCUT2D eigenvalue weighted by Crippen LogP contribution is 2.31. The number of aromatic nitrogens is 4. The Morgan fingerprint density at radius 1 is 1.37 bits per heavy atom. The predicted molar refractivity (Wildman–Crippen MR) is 68.5 cm³/mol. The predicted octanol–water partition coefficient (Wildman–Crippen LogP) is 0.989. The molecular formula is C11H14N4O3S. The van der Waals surface area contributed by atoms with Gasteiger partial charge in [-0.05, 0) is 18.0 Å². The molecule has 2 rings (SSSR count). The fraction of sp³-hybridized carbons (Fsp3) is 0.455. The molecule has 0 spiro atoms. The monoisotopic (exact) mass is 282 g/mol. The van der Waals surface area contributed by atoms with Crippen molar-refractivity contribution >= 4 is 11.5 Å². The Bertz CT molecular complexity index is 561. The summed E-state index contributed by atoms with van der Waals surface area (Å²) >= 11 is 1.14. The van der Waals surface area contributed by atoms with Crippen molar-refractivity contribution in [1.29, 1.82) is 0 Å². The summed E-state index contributed by atoms with van der Waals surface area (Å²) in [6.07, 6.45) is 1.17. The molecule has 0 amide bonds. The second-order valence-corrected chi connectivity index (χ2v) is 4.43. The number of ether oxygens (including phenoxy) is 2. The van der Waals surface area contributed by atoms with E-state index < -0.39 is 6.10 Å². The van der Waals surface area contributed by atoms with Gasteiger partial charge in [0.05, 0.1) is 31.0 Å². The topological polar surface area (TPSA) is 90.3 Å². The summed E-state index contributed by atoms with van der Waals surface area (Å²) in [5, 5.41) is 14.3. The van der Waals surface area contributed by atoms with Crippen molar-refractivity contribution in [3.05, 3.63) is 22.5 Å². The highest BCUT2D eigenvalue weighted by Gasteiger charge is 2.24. The SMILES string of the molecule is CCc1nnsc1C(O)c1ncc(OC)nc1OC. The number of hydrogen-bond donors (Lipinski definition) is 1. The van der Waals surface area contributed by atoms with Crippen LogP contribution in [0.1, 0.15) is 29.3 Å². The summed E-state index contributed by atoms with van der Waals surface area (Å²) in [4.78, 5) is 8.89. The Balaban J connectivity index is 2.41. The lowest BCUT2D eigenvalue weighted by atomic mass is 10.1. The van der Waals surface area contributed by atoms with Crippen LogP contribution in [0.25, 0.3) is 0 Å². The zero-order chi connectivity index (χ0) is 13.8. The number of aliphatic hydroxyl groups is 1. The molecular weight excluding hydrogens is 268 g/mol. The van der Waals surface area contributed by atoms with E-state index in [2.05, 4.69) is 19.6 Å². The molecule has 0 saturated carbocycles. The minimum Gasteiger partial charge on any atom is -0.480 e. The lowest BCUT2D eigenvalue weighted by molar-refractivity contribution is 0.209. The summed E-state index contributed by atoms with van der Waals surface area (Å²) in [5.41, 5.74) is 1.07. The molecule has 0 aliphatic rings. The number of methoxy groups -OCH3 is 2. The second-order valence-electron chi connectivity index (χ2n) is 3.65. The van der Waals surface area contributed by atoms with Gasteiger partial charge in [-0.3, -0.25) is 0 Å². The summed E-state index contributed by atoms with van der Waals surface area (Å²) in [5.74, 6) is 0.549. The Hall–Kier alpha value is -1.80. The van der Waals surface area contributed by atoms with Crippen LogP contribution < -0.4 is 9.47 Å². The Morgan fingerprint density at radius 2 is 2.16 bits per heavy atom. The number of hydrogen-bond acceptors (Lipinski definition) is 8. The first-order valence-corrected chi connectivity index (χ1v) is 6.42. The van der Waals surface area contributed by atoms with E-state index in [0.717, 1.165) is 17.2 Å². The first-order chi connectivity index (χ1) is 9.21. The molecule has 0 saturated heterocycles. The molecule has 2 aromatic rings. The molecule has 2 aromatic heterocycles. The van der Waals surface area contributed by atoms with Crippen LogP contribution >= 0.6 is 11.5 Å². The zero-order valence-corrected chi connectivity index (χ0v) is 11.6. The number of rotatable bonds is 5. The molecule has 2 heterocycles. The van der Waals surface area contributed by atoms with Crippen molar-refractivity contribution in [2.24, 2.45) is 0 Å². The van der Waals surface area contributed by atoms with Crippen LogP contribution in [-0.4, -0.2) is 38.9 Å². The van der Waals surface area contributed by atoms with Crippen LogP contribution in [0, 0.1) is 0 Å². The largest absolute Gasteiger partial charge is 0.480 e. The highest BCUT2D eigenvalue weighted by molar-refractivity contribution is 7.05. The smallest absolute Gasteiger partial charge is 0.241 e. The average molecular weight is 282 g/mol. The van der Waals surface area contributed by atoms with Gasteiger partial charge in [-0.25, -0.2) is 4.98 Å². The van der Waals surface area contributed by atoms with Crippen molar-refractivity contribution in [3.63, 3.8) is 0 Å². The fourth-order valence-electron chi connectivity index (χ4n) is 1.59. The molecule has 102 valence electrons. The first kappa shape index (κ1) is 13.6. The number of aryl methyl sites for hydroxylation is 1.